The summed E-state index contributed by atoms with van der Waals surface area (Å²) in [7, 11) is 0. The Labute approximate surface area is 114 Å². The molecular weight excluding hydrogens is 264 g/mol. The van der Waals surface area contributed by atoms with E-state index < -0.39 is 0 Å². The molecule has 1 N–H and O–H groups in total. The van der Waals surface area contributed by atoms with E-state index in [1.165, 1.54) is 11.3 Å². The predicted molar refractivity (Wildman–Crippen MR) is 70.7 cm³/mol. The summed E-state index contributed by atoms with van der Waals surface area (Å²) in [5.74, 6) is 1.16. The molecule has 6 heteroatoms. The van der Waals surface area contributed by atoms with Crippen LogP contribution in [0.5, 0.6) is 11.5 Å². The number of amides is 1. The van der Waals surface area contributed by atoms with Crippen molar-refractivity contribution in [3.63, 3.8) is 0 Å². The van der Waals surface area contributed by atoms with Gasteiger partial charge in [0.25, 0.3) is 5.91 Å². The number of nitrogens with zero attached hydrogens (tertiary/aromatic N) is 1. The largest absolute Gasteiger partial charge is 0.486 e. The Morgan fingerprint density at radius 3 is 2.95 bits per heavy atom. The van der Waals surface area contributed by atoms with Gasteiger partial charge in [0.05, 0.1) is 6.54 Å². The van der Waals surface area contributed by atoms with Crippen LogP contribution < -0.4 is 14.8 Å². The zero-order valence-corrected chi connectivity index (χ0v) is 10.9. The number of fused-ring (bicyclic) bond motifs is 1. The molecule has 0 atom stereocenters. The summed E-state index contributed by atoms with van der Waals surface area (Å²) < 4.78 is 10.9. The lowest BCUT2D eigenvalue weighted by Gasteiger charge is -2.18. The predicted octanol–water partition coefficient (Wildman–Crippen LogP) is 1.84. The molecule has 1 aliphatic rings. The number of benzene rings is 1. The van der Waals surface area contributed by atoms with Gasteiger partial charge in [0.15, 0.2) is 11.5 Å². The number of thiazole rings is 1. The molecule has 0 fully saturated rings. The maximum atomic E-state index is 12.0. The van der Waals surface area contributed by atoms with E-state index in [1.54, 1.807) is 24.4 Å². The summed E-state index contributed by atoms with van der Waals surface area (Å²) in [5, 5.41) is 5.58. The number of rotatable bonds is 3. The van der Waals surface area contributed by atoms with Crippen molar-refractivity contribution in [1.29, 1.82) is 0 Å². The van der Waals surface area contributed by atoms with Crippen molar-refractivity contribution in [3.8, 4) is 11.5 Å². The highest BCUT2D eigenvalue weighted by Crippen LogP contribution is 2.30. The van der Waals surface area contributed by atoms with Gasteiger partial charge in [0, 0.05) is 17.1 Å². The third kappa shape index (κ3) is 2.68. The minimum atomic E-state index is -0.146. The molecule has 3 rings (SSSR count). The van der Waals surface area contributed by atoms with E-state index >= 15 is 0 Å². The number of hydrogen-bond donors (Lipinski definition) is 1. The van der Waals surface area contributed by atoms with E-state index in [1.807, 2.05) is 5.38 Å². The van der Waals surface area contributed by atoms with Gasteiger partial charge in [-0.2, -0.15) is 0 Å². The summed E-state index contributed by atoms with van der Waals surface area (Å²) in [6.45, 7) is 1.49. The van der Waals surface area contributed by atoms with Crippen LogP contribution in [0.15, 0.2) is 29.8 Å². The zero-order chi connectivity index (χ0) is 13.1. The van der Waals surface area contributed by atoms with E-state index in [2.05, 4.69) is 10.3 Å². The zero-order valence-electron chi connectivity index (χ0n) is 10.1. The summed E-state index contributed by atoms with van der Waals surface area (Å²) >= 11 is 1.51. The van der Waals surface area contributed by atoms with E-state index in [4.69, 9.17) is 9.47 Å². The number of nitrogens with one attached hydrogen (secondary N) is 1. The molecule has 0 aliphatic carbocycles. The van der Waals surface area contributed by atoms with Crippen LogP contribution in [-0.4, -0.2) is 24.1 Å². The maximum Gasteiger partial charge on any atom is 0.251 e. The normalized spacial score (nSPS) is 13.1. The van der Waals surface area contributed by atoms with E-state index in [-0.39, 0.29) is 5.91 Å². The van der Waals surface area contributed by atoms with Gasteiger partial charge in [0.2, 0.25) is 0 Å². The maximum absolute atomic E-state index is 12.0. The van der Waals surface area contributed by atoms with Gasteiger partial charge < -0.3 is 14.8 Å². The van der Waals surface area contributed by atoms with Crippen molar-refractivity contribution < 1.29 is 14.3 Å². The fourth-order valence-corrected chi connectivity index (χ4v) is 2.34. The molecule has 2 heterocycles. The molecule has 19 heavy (non-hydrogen) atoms. The fraction of sp³-hybridized carbons (Fsp3) is 0.231. The Morgan fingerprint density at radius 2 is 2.16 bits per heavy atom. The molecule has 0 bridgehead atoms. The molecule has 1 aliphatic heterocycles. The molecule has 2 aromatic rings. The smallest absolute Gasteiger partial charge is 0.251 e. The number of aromatic nitrogens is 1. The van der Waals surface area contributed by atoms with Crippen molar-refractivity contribution in [3.05, 3.63) is 40.3 Å². The first-order chi connectivity index (χ1) is 9.33. The van der Waals surface area contributed by atoms with Crippen LogP contribution in [0, 0.1) is 0 Å². The van der Waals surface area contributed by atoms with Gasteiger partial charge in [0.1, 0.15) is 18.2 Å². The van der Waals surface area contributed by atoms with Crippen LogP contribution >= 0.6 is 11.3 Å². The SMILES string of the molecule is O=C(NCc1nccs1)c1ccc2c(c1)OCCO2. The third-order valence-corrected chi connectivity index (χ3v) is 3.47. The number of ether oxygens (including phenoxy) is 2. The van der Waals surface area contributed by atoms with Crippen molar-refractivity contribution in [2.24, 2.45) is 0 Å². The van der Waals surface area contributed by atoms with Crippen LogP contribution in [0.3, 0.4) is 0 Å². The number of hydrogen-bond acceptors (Lipinski definition) is 5. The van der Waals surface area contributed by atoms with Crippen molar-refractivity contribution in [1.82, 2.24) is 10.3 Å². The average molecular weight is 276 g/mol. The first-order valence-electron chi connectivity index (χ1n) is 5.89. The monoisotopic (exact) mass is 276 g/mol. The Hall–Kier alpha value is -2.08. The molecule has 0 radical (unpaired) electrons. The quantitative estimate of drug-likeness (QED) is 0.929. The molecule has 0 saturated heterocycles. The number of carbonyl (C=O) groups excluding carboxylic acids is 1. The summed E-state index contributed by atoms with van der Waals surface area (Å²) in [6.07, 6.45) is 1.72. The summed E-state index contributed by atoms with van der Waals surface area (Å²) in [6, 6.07) is 5.18. The lowest BCUT2D eigenvalue weighted by atomic mass is 10.2. The van der Waals surface area contributed by atoms with Crippen molar-refractivity contribution in [2.75, 3.05) is 13.2 Å². The van der Waals surface area contributed by atoms with Crippen LogP contribution in [0.1, 0.15) is 15.4 Å². The highest BCUT2D eigenvalue weighted by Gasteiger charge is 2.14. The van der Waals surface area contributed by atoms with Crippen LogP contribution in [-0.2, 0) is 6.54 Å². The topological polar surface area (TPSA) is 60.5 Å². The Morgan fingerprint density at radius 1 is 1.32 bits per heavy atom. The molecule has 98 valence electrons. The molecule has 5 nitrogen and oxygen atoms in total. The first kappa shape index (κ1) is 12.0. The summed E-state index contributed by atoms with van der Waals surface area (Å²) in [5.41, 5.74) is 0.556. The first-order valence-corrected chi connectivity index (χ1v) is 6.77. The second-order valence-corrected chi connectivity index (χ2v) is 4.95. The van der Waals surface area contributed by atoms with E-state index in [0.29, 0.717) is 36.8 Å². The highest BCUT2D eigenvalue weighted by atomic mass is 32.1. The fourth-order valence-electron chi connectivity index (χ4n) is 1.78. The minimum Gasteiger partial charge on any atom is -0.486 e. The molecule has 0 saturated carbocycles. The molecule has 1 aromatic heterocycles. The van der Waals surface area contributed by atoms with Gasteiger partial charge in [-0.1, -0.05) is 0 Å². The van der Waals surface area contributed by atoms with Crippen LogP contribution in [0.25, 0.3) is 0 Å². The molecular formula is C13H12N2O3S. The van der Waals surface area contributed by atoms with Crippen LogP contribution in [0.2, 0.25) is 0 Å². The third-order valence-electron chi connectivity index (χ3n) is 2.69. The van der Waals surface area contributed by atoms with Crippen molar-refractivity contribution in [2.45, 2.75) is 6.54 Å². The molecule has 0 spiro atoms. The van der Waals surface area contributed by atoms with Gasteiger partial charge in [-0.25, -0.2) is 4.98 Å². The Bertz CT molecular complexity index is 584. The Balaban J connectivity index is 1.69. The Kier molecular flexibility index (Phi) is 3.33. The summed E-state index contributed by atoms with van der Waals surface area (Å²) in [4.78, 5) is 16.1. The lowest BCUT2D eigenvalue weighted by Crippen LogP contribution is -2.23. The van der Waals surface area contributed by atoms with E-state index in [0.717, 1.165) is 5.01 Å². The minimum absolute atomic E-state index is 0.146. The van der Waals surface area contributed by atoms with E-state index in [9.17, 15) is 4.79 Å². The lowest BCUT2D eigenvalue weighted by molar-refractivity contribution is 0.0949. The molecule has 1 aromatic carbocycles. The molecule has 0 unspecified atom stereocenters. The molecule has 1 amide bonds. The van der Waals surface area contributed by atoms with Crippen LogP contribution in [0.4, 0.5) is 0 Å². The number of carbonyl (C=O) groups is 1. The van der Waals surface area contributed by atoms with Gasteiger partial charge in [-0.3, -0.25) is 4.79 Å². The van der Waals surface area contributed by atoms with Crippen molar-refractivity contribution >= 4 is 17.2 Å². The van der Waals surface area contributed by atoms with Gasteiger partial charge in [-0.05, 0) is 18.2 Å². The average Bonchev–Trinajstić information content (AvgIpc) is 2.97. The van der Waals surface area contributed by atoms with Gasteiger partial charge in [-0.15, -0.1) is 11.3 Å². The second kappa shape index (κ2) is 5.27. The highest BCUT2D eigenvalue weighted by molar-refractivity contribution is 7.09. The van der Waals surface area contributed by atoms with Gasteiger partial charge >= 0.3 is 0 Å². The second-order valence-electron chi connectivity index (χ2n) is 3.97. The standard InChI is InChI=1S/C13H12N2O3S/c16-13(15-8-12-14-3-6-19-12)9-1-2-10-11(7-9)18-5-4-17-10/h1-3,6-7H,4-5,8H2,(H,15,16).